The third-order valence-corrected chi connectivity index (χ3v) is 2.38. The summed E-state index contributed by atoms with van der Waals surface area (Å²) in [5.74, 6) is -5.01. The lowest BCUT2D eigenvalue weighted by Crippen LogP contribution is -2.33. The minimum Gasteiger partial charge on any atom is -0.385 e. The number of nitrogens with one attached hydrogen (secondary N) is 1. The molecule has 3 nitrogen and oxygen atoms in total. The molecule has 0 saturated carbocycles. The number of carbonyl (C=O) groups excluding carboxylic acids is 1. The monoisotopic (exact) mass is 261 g/mol. The average molecular weight is 261 g/mol. The average Bonchev–Trinajstić information content (AvgIpc) is 2.32. The van der Waals surface area contributed by atoms with Crippen LogP contribution >= 0.6 is 0 Å². The second kappa shape index (κ2) is 6.39. The molecular weight excluding hydrogens is 247 g/mol. The number of rotatable bonds is 5. The summed E-state index contributed by atoms with van der Waals surface area (Å²) in [5, 5.41) is 2.53. The molecule has 1 N–H and O–H groups in total. The Labute approximate surface area is 103 Å². The molecule has 18 heavy (non-hydrogen) atoms. The van der Waals surface area contributed by atoms with E-state index in [1.165, 1.54) is 7.11 Å². The van der Waals surface area contributed by atoms with Crippen molar-refractivity contribution in [1.29, 1.82) is 0 Å². The zero-order valence-corrected chi connectivity index (χ0v) is 10.1. The van der Waals surface area contributed by atoms with Crippen molar-refractivity contribution in [3.8, 4) is 0 Å². The van der Waals surface area contributed by atoms with Crippen LogP contribution in [0.4, 0.5) is 13.2 Å². The first-order chi connectivity index (χ1) is 8.45. The zero-order chi connectivity index (χ0) is 13.7. The Morgan fingerprint density at radius 3 is 2.39 bits per heavy atom. The van der Waals surface area contributed by atoms with Gasteiger partial charge in [-0.15, -0.1) is 0 Å². The minimum atomic E-state index is -1.58. The first kappa shape index (κ1) is 14.5. The van der Waals surface area contributed by atoms with E-state index in [1.807, 2.05) is 0 Å². The lowest BCUT2D eigenvalue weighted by atomic mass is 10.1. The van der Waals surface area contributed by atoms with E-state index in [0.29, 0.717) is 25.2 Å². The van der Waals surface area contributed by atoms with Crippen molar-refractivity contribution in [2.24, 2.45) is 0 Å². The number of halogens is 3. The second-order valence-electron chi connectivity index (χ2n) is 3.91. The van der Waals surface area contributed by atoms with Crippen LogP contribution in [0.15, 0.2) is 12.1 Å². The molecule has 1 aromatic rings. The molecule has 1 atom stereocenters. The summed E-state index contributed by atoms with van der Waals surface area (Å²) < 4.78 is 43.4. The van der Waals surface area contributed by atoms with Gasteiger partial charge in [-0.25, -0.2) is 13.2 Å². The first-order valence-electron chi connectivity index (χ1n) is 5.40. The van der Waals surface area contributed by atoms with Crippen molar-refractivity contribution in [3.05, 3.63) is 35.1 Å². The van der Waals surface area contributed by atoms with Crippen LogP contribution in [0.1, 0.15) is 23.7 Å². The summed E-state index contributed by atoms with van der Waals surface area (Å²) in [6.45, 7) is 2.18. The molecule has 100 valence electrons. The van der Waals surface area contributed by atoms with E-state index in [9.17, 15) is 18.0 Å². The van der Waals surface area contributed by atoms with E-state index in [4.69, 9.17) is 4.74 Å². The van der Waals surface area contributed by atoms with Gasteiger partial charge in [-0.1, -0.05) is 0 Å². The van der Waals surface area contributed by atoms with Crippen molar-refractivity contribution in [2.75, 3.05) is 13.7 Å². The summed E-state index contributed by atoms with van der Waals surface area (Å²) in [4.78, 5) is 11.6. The third kappa shape index (κ3) is 3.73. The molecule has 0 aliphatic carbocycles. The predicted molar refractivity (Wildman–Crippen MR) is 59.7 cm³/mol. The van der Waals surface area contributed by atoms with Gasteiger partial charge in [-0.3, -0.25) is 4.79 Å². The number of hydrogen-bond donors (Lipinski definition) is 1. The Kier molecular flexibility index (Phi) is 5.15. The molecule has 0 aliphatic heterocycles. The van der Waals surface area contributed by atoms with E-state index in [1.54, 1.807) is 6.92 Å². The maximum atomic E-state index is 12.9. The van der Waals surface area contributed by atoms with Crippen molar-refractivity contribution in [3.63, 3.8) is 0 Å². The lowest BCUT2D eigenvalue weighted by Gasteiger charge is -2.13. The highest BCUT2D eigenvalue weighted by Gasteiger charge is 2.16. The van der Waals surface area contributed by atoms with Crippen LogP contribution in [-0.2, 0) is 4.74 Å². The molecule has 0 aromatic heterocycles. The highest BCUT2D eigenvalue weighted by Crippen LogP contribution is 2.13. The normalized spacial score (nSPS) is 12.3. The van der Waals surface area contributed by atoms with Crippen molar-refractivity contribution in [1.82, 2.24) is 5.32 Å². The Balaban J connectivity index is 2.73. The van der Waals surface area contributed by atoms with E-state index in [-0.39, 0.29) is 11.6 Å². The topological polar surface area (TPSA) is 38.3 Å². The number of amides is 1. The van der Waals surface area contributed by atoms with Gasteiger partial charge in [-0.05, 0) is 25.5 Å². The first-order valence-corrected chi connectivity index (χ1v) is 5.40. The van der Waals surface area contributed by atoms with Crippen LogP contribution in [-0.4, -0.2) is 25.7 Å². The van der Waals surface area contributed by atoms with Crippen LogP contribution in [0.2, 0.25) is 0 Å². The standard InChI is InChI=1S/C12H14F3NO2/c1-7(3-4-18-2)16-12(17)8-5-9(13)11(15)10(14)6-8/h5-7H,3-4H2,1-2H3,(H,16,17). The molecule has 0 heterocycles. The molecule has 0 spiro atoms. The van der Waals surface area contributed by atoms with Gasteiger partial charge in [0.15, 0.2) is 17.5 Å². The predicted octanol–water partition coefficient (Wildman–Crippen LogP) is 2.26. The molecule has 0 radical (unpaired) electrons. The molecular formula is C12H14F3NO2. The number of hydrogen-bond acceptors (Lipinski definition) is 2. The number of carbonyl (C=O) groups is 1. The molecule has 1 aromatic carbocycles. The molecule has 1 unspecified atom stereocenters. The number of ether oxygens (including phenoxy) is 1. The summed E-state index contributed by atoms with van der Waals surface area (Å²) in [7, 11) is 1.53. The fourth-order valence-corrected chi connectivity index (χ4v) is 1.36. The molecule has 1 rings (SSSR count). The summed E-state index contributed by atoms with van der Waals surface area (Å²) >= 11 is 0. The van der Waals surface area contributed by atoms with Gasteiger partial charge in [0.1, 0.15) is 0 Å². The Hall–Kier alpha value is -1.56. The molecule has 0 aliphatic rings. The van der Waals surface area contributed by atoms with Crippen molar-refractivity contribution < 1.29 is 22.7 Å². The molecule has 1 amide bonds. The van der Waals surface area contributed by atoms with Crippen LogP contribution in [0.25, 0.3) is 0 Å². The Morgan fingerprint density at radius 1 is 1.33 bits per heavy atom. The molecule has 0 saturated heterocycles. The fraction of sp³-hybridized carbons (Fsp3) is 0.417. The van der Waals surface area contributed by atoms with Gasteiger partial charge in [0.2, 0.25) is 0 Å². The van der Waals surface area contributed by atoms with Gasteiger partial charge < -0.3 is 10.1 Å². The molecule has 6 heteroatoms. The molecule has 0 fully saturated rings. The maximum Gasteiger partial charge on any atom is 0.251 e. The largest absolute Gasteiger partial charge is 0.385 e. The van der Waals surface area contributed by atoms with E-state index in [0.717, 1.165) is 0 Å². The van der Waals surface area contributed by atoms with Crippen molar-refractivity contribution in [2.45, 2.75) is 19.4 Å². The Morgan fingerprint density at radius 2 is 1.89 bits per heavy atom. The summed E-state index contributed by atoms with van der Waals surface area (Å²) in [5.41, 5.74) is -0.254. The van der Waals surface area contributed by atoms with Crippen LogP contribution in [0.5, 0.6) is 0 Å². The Bertz CT molecular complexity index is 414. The maximum absolute atomic E-state index is 12.9. The zero-order valence-electron chi connectivity index (χ0n) is 10.1. The summed E-state index contributed by atoms with van der Waals surface area (Å²) in [6.07, 6.45) is 0.564. The van der Waals surface area contributed by atoms with Gasteiger partial charge >= 0.3 is 0 Å². The van der Waals surface area contributed by atoms with E-state index < -0.39 is 23.4 Å². The number of methoxy groups -OCH3 is 1. The van der Waals surface area contributed by atoms with Crippen LogP contribution in [0, 0.1) is 17.5 Å². The van der Waals surface area contributed by atoms with Gasteiger partial charge in [0.05, 0.1) is 0 Å². The number of benzene rings is 1. The lowest BCUT2D eigenvalue weighted by molar-refractivity contribution is 0.0928. The summed E-state index contributed by atoms with van der Waals surface area (Å²) in [6, 6.07) is 1.11. The van der Waals surface area contributed by atoms with Crippen molar-refractivity contribution >= 4 is 5.91 Å². The highest BCUT2D eigenvalue weighted by molar-refractivity contribution is 5.94. The van der Waals surface area contributed by atoms with Gasteiger partial charge in [0.25, 0.3) is 5.91 Å². The second-order valence-corrected chi connectivity index (χ2v) is 3.91. The smallest absolute Gasteiger partial charge is 0.251 e. The third-order valence-electron chi connectivity index (χ3n) is 2.38. The molecule has 0 bridgehead atoms. The van der Waals surface area contributed by atoms with E-state index in [2.05, 4.69) is 5.32 Å². The van der Waals surface area contributed by atoms with E-state index >= 15 is 0 Å². The van der Waals surface area contributed by atoms with Gasteiger partial charge in [0, 0.05) is 25.3 Å². The van der Waals surface area contributed by atoms with Gasteiger partial charge in [-0.2, -0.15) is 0 Å². The minimum absolute atomic E-state index is 0.214. The van der Waals surface area contributed by atoms with Crippen LogP contribution < -0.4 is 5.32 Å². The van der Waals surface area contributed by atoms with Crippen LogP contribution in [0.3, 0.4) is 0 Å². The quantitative estimate of drug-likeness (QED) is 0.826. The fourth-order valence-electron chi connectivity index (χ4n) is 1.36. The highest BCUT2D eigenvalue weighted by atomic mass is 19.2. The SMILES string of the molecule is COCCC(C)NC(=O)c1cc(F)c(F)c(F)c1.